The summed E-state index contributed by atoms with van der Waals surface area (Å²) < 4.78 is 41.3. The van der Waals surface area contributed by atoms with Crippen molar-refractivity contribution in [2.75, 3.05) is 5.32 Å². The molecule has 1 amide bonds. The number of aromatic nitrogens is 3. The first-order valence-electron chi connectivity index (χ1n) is 12.3. The highest BCUT2D eigenvalue weighted by molar-refractivity contribution is 7.15. The molecule has 0 radical (unpaired) electrons. The SMILES string of the molecule is N#CC(=Cc1cn(-c2ccccc2)nc1-c1ccc(Cl)cc1)C(=O)Nc1ncc(Cc2ccc(Cl)c(C(F)(F)F)c2)s1. The van der Waals surface area contributed by atoms with Crippen LogP contribution in [0.3, 0.4) is 0 Å². The molecular formula is C30H18Cl2F3N5OS. The summed E-state index contributed by atoms with van der Waals surface area (Å²) in [6.45, 7) is 0. The zero-order valence-corrected chi connectivity index (χ0v) is 23.7. The van der Waals surface area contributed by atoms with Crippen LogP contribution in [0.2, 0.25) is 10.0 Å². The van der Waals surface area contributed by atoms with Gasteiger partial charge in [0.05, 0.1) is 22.0 Å². The molecule has 0 aliphatic heterocycles. The normalized spacial score (nSPS) is 11.8. The lowest BCUT2D eigenvalue weighted by atomic mass is 10.1. The van der Waals surface area contributed by atoms with Gasteiger partial charge in [-0.1, -0.05) is 59.6 Å². The highest BCUT2D eigenvalue weighted by atomic mass is 35.5. The Hall–Kier alpha value is -4.43. The summed E-state index contributed by atoms with van der Waals surface area (Å²) in [4.78, 5) is 17.8. The number of carbonyl (C=O) groups is 1. The van der Waals surface area contributed by atoms with Gasteiger partial charge in [-0.3, -0.25) is 10.1 Å². The van der Waals surface area contributed by atoms with Crippen LogP contribution in [-0.4, -0.2) is 20.7 Å². The van der Waals surface area contributed by atoms with Crippen molar-refractivity contribution in [3.8, 4) is 23.0 Å². The standard InChI is InChI=1S/C30H18Cl2F3N5OS/c31-22-9-7-19(8-10-22)27-21(17-40(39-27)23-4-2-1-3-5-23)14-20(15-36)28(41)38-29-37-16-24(42-29)12-18-6-11-26(32)25(13-18)30(33,34)35/h1-11,13-14,16-17H,12H2,(H,37,38,41). The number of nitrogens with one attached hydrogen (secondary N) is 1. The molecule has 42 heavy (non-hydrogen) atoms. The van der Waals surface area contributed by atoms with Crippen LogP contribution in [0.4, 0.5) is 18.3 Å². The molecule has 5 aromatic rings. The Morgan fingerprint density at radius 3 is 2.50 bits per heavy atom. The van der Waals surface area contributed by atoms with Crippen molar-refractivity contribution in [3.05, 3.63) is 122 Å². The lowest BCUT2D eigenvalue weighted by Gasteiger charge is -2.10. The predicted octanol–water partition coefficient (Wildman–Crippen LogP) is 8.46. The molecule has 2 heterocycles. The molecule has 0 fully saturated rings. The van der Waals surface area contributed by atoms with Crippen molar-refractivity contribution in [1.82, 2.24) is 14.8 Å². The zero-order valence-electron chi connectivity index (χ0n) is 21.4. The number of amides is 1. The Morgan fingerprint density at radius 2 is 1.81 bits per heavy atom. The first-order valence-corrected chi connectivity index (χ1v) is 13.8. The van der Waals surface area contributed by atoms with Gasteiger partial charge in [-0.2, -0.15) is 23.5 Å². The van der Waals surface area contributed by atoms with Crippen LogP contribution < -0.4 is 5.32 Å². The van der Waals surface area contributed by atoms with Crippen molar-refractivity contribution in [1.29, 1.82) is 5.26 Å². The van der Waals surface area contributed by atoms with E-state index in [4.69, 9.17) is 23.2 Å². The zero-order chi connectivity index (χ0) is 29.9. The third kappa shape index (κ3) is 6.71. The molecule has 0 spiro atoms. The Balaban J connectivity index is 1.39. The number of rotatable bonds is 7. The molecule has 0 saturated heterocycles. The van der Waals surface area contributed by atoms with Gasteiger partial charge in [-0.15, -0.1) is 11.3 Å². The maximum Gasteiger partial charge on any atom is 0.417 e. The number of para-hydroxylation sites is 1. The molecule has 0 aliphatic carbocycles. The average molecular weight is 624 g/mol. The lowest BCUT2D eigenvalue weighted by molar-refractivity contribution is -0.137. The molecule has 0 bridgehead atoms. The van der Waals surface area contributed by atoms with E-state index in [0.29, 0.717) is 26.7 Å². The van der Waals surface area contributed by atoms with Crippen LogP contribution >= 0.6 is 34.5 Å². The Bertz CT molecular complexity index is 1820. The number of halogens is 5. The second-order valence-corrected chi connectivity index (χ2v) is 10.9. The molecule has 0 saturated carbocycles. The van der Waals surface area contributed by atoms with Gasteiger partial charge in [0.15, 0.2) is 5.13 Å². The molecule has 3 aromatic carbocycles. The maximum atomic E-state index is 13.2. The number of alkyl halides is 3. The molecule has 5 rings (SSSR count). The van der Waals surface area contributed by atoms with E-state index in [9.17, 15) is 23.2 Å². The molecule has 6 nitrogen and oxygen atoms in total. The van der Waals surface area contributed by atoms with E-state index in [1.165, 1.54) is 24.4 Å². The average Bonchev–Trinajstić information content (AvgIpc) is 3.59. The highest BCUT2D eigenvalue weighted by Gasteiger charge is 2.33. The van der Waals surface area contributed by atoms with Crippen LogP contribution in [0.15, 0.2) is 90.8 Å². The van der Waals surface area contributed by atoms with E-state index >= 15 is 0 Å². The summed E-state index contributed by atoms with van der Waals surface area (Å²) in [5.41, 5.74) is 1.85. The second kappa shape index (κ2) is 12.2. The third-order valence-corrected chi connectivity index (χ3v) is 7.53. The van der Waals surface area contributed by atoms with Crippen molar-refractivity contribution in [2.24, 2.45) is 0 Å². The summed E-state index contributed by atoms with van der Waals surface area (Å²) >= 11 is 12.9. The molecule has 12 heteroatoms. The van der Waals surface area contributed by atoms with Gasteiger partial charge < -0.3 is 0 Å². The maximum absolute atomic E-state index is 13.2. The van der Waals surface area contributed by atoms with Gasteiger partial charge in [0.1, 0.15) is 11.6 Å². The molecule has 210 valence electrons. The number of nitriles is 1. The minimum atomic E-state index is -4.58. The third-order valence-electron chi connectivity index (χ3n) is 6.03. The van der Waals surface area contributed by atoms with Gasteiger partial charge >= 0.3 is 6.18 Å². The molecule has 0 atom stereocenters. The van der Waals surface area contributed by atoms with Crippen molar-refractivity contribution in [2.45, 2.75) is 12.6 Å². The van der Waals surface area contributed by atoms with Gasteiger partial charge in [0.25, 0.3) is 5.91 Å². The topological polar surface area (TPSA) is 83.6 Å². The van der Waals surface area contributed by atoms with Crippen LogP contribution in [0.25, 0.3) is 23.0 Å². The van der Waals surface area contributed by atoms with Gasteiger partial charge in [0, 0.05) is 39.8 Å². The van der Waals surface area contributed by atoms with Crippen LogP contribution in [0, 0.1) is 11.3 Å². The molecule has 2 aromatic heterocycles. The Labute approximate surface area is 252 Å². The van der Waals surface area contributed by atoms with Gasteiger partial charge in [-0.05, 0) is 48.0 Å². The number of anilines is 1. The fourth-order valence-electron chi connectivity index (χ4n) is 4.05. The highest BCUT2D eigenvalue weighted by Crippen LogP contribution is 2.36. The molecular weight excluding hydrogens is 606 g/mol. The number of nitrogens with zero attached hydrogens (tertiary/aromatic N) is 4. The van der Waals surface area contributed by atoms with E-state index in [2.05, 4.69) is 15.4 Å². The summed E-state index contributed by atoms with van der Waals surface area (Å²) in [5.74, 6) is -0.696. The predicted molar refractivity (Wildman–Crippen MR) is 158 cm³/mol. The van der Waals surface area contributed by atoms with Crippen LogP contribution in [-0.2, 0) is 17.4 Å². The van der Waals surface area contributed by atoms with Crippen molar-refractivity contribution < 1.29 is 18.0 Å². The first kappa shape index (κ1) is 29.1. The molecule has 1 N–H and O–H groups in total. The van der Waals surface area contributed by atoms with E-state index in [-0.39, 0.29) is 22.1 Å². The number of carbonyl (C=O) groups excluding carboxylic acids is 1. The molecule has 0 unspecified atom stereocenters. The van der Waals surface area contributed by atoms with Gasteiger partial charge in [-0.25, -0.2) is 9.67 Å². The van der Waals surface area contributed by atoms with Crippen molar-refractivity contribution in [3.63, 3.8) is 0 Å². The summed E-state index contributed by atoms with van der Waals surface area (Å²) in [5, 5.41) is 17.5. The van der Waals surface area contributed by atoms with Crippen LogP contribution in [0.1, 0.15) is 21.6 Å². The monoisotopic (exact) mass is 623 g/mol. The molecule has 0 aliphatic rings. The Morgan fingerprint density at radius 1 is 1.07 bits per heavy atom. The fraction of sp³-hybridized carbons (Fsp3) is 0.0667. The van der Waals surface area contributed by atoms with Crippen LogP contribution in [0.5, 0.6) is 0 Å². The Kier molecular flexibility index (Phi) is 8.45. The lowest BCUT2D eigenvalue weighted by Crippen LogP contribution is -2.13. The minimum Gasteiger partial charge on any atom is -0.297 e. The van der Waals surface area contributed by atoms with Crippen molar-refractivity contribution >= 4 is 51.7 Å². The number of benzene rings is 3. The summed E-state index contributed by atoms with van der Waals surface area (Å²) in [7, 11) is 0. The van der Waals surface area contributed by atoms with E-state index in [1.54, 1.807) is 35.1 Å². The number of thiazole rings is 1. The van der Waals surface area contributed by atoms with E-state index in [0.717, 1.165) is 28.7 Å². The number of hydrogen-bond acceptors (Lipinski definition) is 5. The number of hydrogen-bond donors (Lipinski definition) is 1. The second-order valence-electron chi connectivity index (χ2n) is 8.96. The summed E-state index contributed by atoms with van der Waals surface area (Å²) in [6.07, 6.45) is 0.183. The fourth-order valence-corrected chi connectivity index (χ4v) is 5.25. The quantitative estimate of drug-likeness (QED) is 0.146. The summed E-state index contributed by atoms with van der Waals surface area (Å²) in [6, 6.07) is 22.0. The van der Waals surface area contributed by atoms with Gasteiger partial charge in [0.2, 0.25) is 0 Å². The smallest absolute Gasteiger partial charge is 0.297 e. The van der Waals surface area contributed by atoms with E-state index in [1.807, 2.05) is 36.4 Å². The minimum absolute atomic E-state index is 0.151. The largest absolute Gasteiger partial charge is 0.417 e. The first-order chi connectivity index (χ1) is 20.1. The van der Waals surface area contributed by atoms with E-state index < -0.39 is 17.6 Å².